The lowest BCUT2D eigenvalue weighted by molar-refractivity contribution is 0.0184. The van der Waals surface area contributed by atoms with Gasteiger partial charge in [-0.3, -0.25) is 9.69 Å². The number of carbonyl (C=O) groups excluding carboxylic acids is 1. The minimum Gasteiger partial charge on any atom is -0.338 e. The molecular weight excluding hydrogens is 242 g/mol. The Hall–Kier alpha value is -1.40. The normalized spacial score (nSPS) is 25.4. The van der Waals surface area contributed by atoms with Crippen molar-refractivity contribution in [3.63, 3.8) is 0 Å². The average Bonchev–Trinajstić information content (AvgIpc) is 2.83. The van der Waals surface area contributed by atoms with Crippen molar-refractivity contribution in [2.75, 3.05) is 46.3 Å². The van der Waals surface area contributed by atoms with Gasteiger partial charge in [-0.15, -0.1) is 0 Å². The minimum absolute atomic E-state index is 0.0287. The highest BCUT2D eigenvalue weighted by Gasteiger charge is 2.33. The highest BCUT2D eigenvalue weighted by atomic mass is 16.2. The van der Waals surface area contributed by atoms with Crippen LogP contribution in [0.15, 0.2) is 6.20 Å². The van der Waals surface area contributed by atoms with Crippen LogP contribution < -0.4 is 0 Å². The van der Waals surface area contributed by atoms with Crippen LogP contribution in [-0.2, 0) is 0 Å². The molecular formula is C13H21N5O. The third kappa shape index (κ3) is 2.50. The molecule has 1 N–H and O–H groups in total. The van der Waals surface area contributed by atoms with Crippen molar-refractivity contribution in [1.82, 2.24) is 24.7 Å². The lowest BCUT2D eigenvalue weighted by atomic mass is 10.1. The fraction of sp³-hybridized carbons (Fsp3) is 0.692. The van der Waals surface area contributed by atoms with Crippen LogP contribution in [0, 0.1) is 6.92 Å². The fourth-order valence-corrected chi connectivity index (χ4v) is 2.97. The number of aryl methyl sites for hydroxylation is 1. The molecule has 6 nitrogen and oxygen atoms in total. The number of hydrogen-bond donors (Lipinski definition) is 1. The first-order valence-corrected chi connectivity index (χ1v) is 6.87. The number of imidazole rings is 1. The Labute approximate surface area is 113 Å². The first kappa shape index (κ1) is 12.6. The van der Waals surface area contributed by atoms with Crippen LogP contribution in [0.5, 0.6) is 0 Å². The second-order valence-corrected chi connectivity index (χ2v) is 5.62. The van der Waals surface area contributed by atoms with Gasteiger partial charge in [0.05, 0.1) is 0 Å². The minimum atomic E-state index is 0.0287. The third-order valence-corrected chi connectivity index (χ3v) is 4.09. The van der Waals surface area contributed by atoms with Gasteiger partial charge in [-0.1, -0.05) is 0 Å². The topological polar surface area (TPSA) is 55.5 Å². The van der Waals surface area contributed by atoms with E-state index in [0.717, 1.165) is 45.0 Å². The van der Waals surface area contributed by atoms with Crippen molar-refractivity contribution in [2.45, 2.75) is 13.0 Å². The van der Waals surface area contributed by atoms with Crippen molar-refractivity contribution in [3.05, 3.63) is 17.7 Å². The van der Waals surface area contributed by atoms with E-state index in [1.165, 1.54) is 0 Å². The van der Waals surface area contributed by atoms with Crippen LogP contribution in [0.2, 0.25) is 0 Å². The summed E-state index contributed by atoms with van der Waals surface area (Å²) in [4.78, 5) is 26.3. The number of aromatic nitrogens is 2. The smallest absolute Gasteiger partial charge is 0.289 e. The van der Waals surface area contributed by atoms with Crippen LogP contribution in [0.1, 0.15) is 16.3 Å². The highest BCUT2D eigenvalue weighted by molar-refractivity contribution is 5.90. The zero-order valence-corrected chi connectivity index (χ0v) is 11.6. The Balaban J connectivity index is 1.68. The Kier molecular flexibility index (Phi) is 3.28. The summed E-state index contributed by atoms with van der Waals surface area (Å²) in [7, 11) is 2.15. The highest BCUT2D eigenvalue weighted by Crippen LogP contribution is 2.16. The SMILES string of the molecule is Cc1cnc(C(=O)N2CCN3CCN(C)C[C@H]3C2)[nH]1. The molecule has 2 fully saturated rings. The molecule has 104 valence electrons. The monoisotopic (exact) mass is 263 g/mol. The summed E-state index contributed by atoms with van der Waals surface area (Å²) in [6, 6.07) is 0.465. The molecule has 0 unspecified atom stereocenters. The number of amides is 1. The van der Waals surface area contributed by atoms with Crippen LogP contribution >= 0.6 is 0 Å². The number of aromatic amines is 1. The first-order chi connectivity index (χ1) is 9.13. The number of likely N-dealkylation sites (N-methyl/N-ethyl adjacent to an activating group) is 1. The summed E-state index contributed by atoms with van der Waals surface area (Å²) < 4.78 is 0. The molecule has 19 heavy (non-hydrogen) atoms. The van der Waals surface area contributed by atoms with E-state index in [1.54, 1.807) is 6.20 Å². The van der Waals surface area contributed by atoms with Gasteiger partial charge in [0.15, 0.2) is 5.82 Å². The number of fused-ring (bicyclic) bond motifs is 1. The summed E-state index contributed by atoms with van der Waals surface area (Å²) in [5.74, 6) is 0.496. The van der Waals surface area contributed by atoms with Crippen LogP contribution in [0.4, 0.5) is 0 Å². The first-order valence-electron chi connectivity index (χ1n) is 6.87. The van der Waals surface area contributed by atoms with Crippen molar-refractivity contribution < 1.29 is 4.79 Å². The standard InChI is InChI=1S/C13H21N5O/c1-10-7-14-12(15-10)13(19)18-6-5-17-4-3-16(2)8-11(17)9-18/h7,11H,3-6,8-9H2,1-2H3,(H,14,15)/t11-/m0/s1. The predicted octanol–water partition coefficient (Wildman–Crippen LogP) is -0.210. The van der Waals surface area contributed by atoms with Gasteiger partial charge in [0.2, 0.25) is 0 Å². The molecule has 2 aliphatic heterocycles. The van der Waals surface area contributed by atoms with E-state index < -0.39 is 0 Å². The lowest BCUT2D eigenvalue weighted by Crippen LogP contribution is -2.62. The largest absolute Gasteiger partial charge is 0.338 e. The second-order valence-electron chi connectivity index (χ2n) is 5.62. The maximum atomic E-state index is 12.4. The number of rotatable bonds is 1. The zero-order valence-electron chi connectivity index (χ0n) is 11.6. The molecule has 1 aromatic rings. The van der Waals surface area contributed by atoms with Gasteiger partial charge in [0.1, 0.15) is 0 Å². The molecule has 2 saturated heterocycles. The molecule has 3 heterocycles. The number of H-pyrrole nitrogens is 1. The average molecular weight is 263 g/mol. The number of piperazine rings is 2. The van der Waals surface area contributed by atoms with E-state index in [9.17, 15) is 4.79 Å². The van der Waals surface area contributed by atoms with Gasteiger partial charge < -0.3 is 14.8 Å². The number of hydrogen-bond acceptors (Lipinski definition) is 4. The molecule has 1 atom stereocenters. The van der Waals surface area contributed by atoms with E-state index in [-0.39, 0.29) is 5.91 Å². The van der Waals surface area contributed by atoms with E-state index in [1.807, 2.05) is 11.8 Å². The van der Waals surface area contributed by atoms with Gasteiger partial charge in [0.25, 0.3) is 5.91 Å². The van der Waals surface area contributed by atoms with Gasteiger partial charge in [-0.25, -0.2) is 4.98 Å². The van der Waals surface area contributed by atoms with E-state index in [0.29, 0.717) is 11.9 Å². The molecule has 0 aromatic carbocycles. The van der Waals surface area contributed by atoms with Crippen molar-refractivity contribution in [1.29, 1.82) is 0 Å². The summed E-state index contributed by atoms with van der Waals surface area (Å²) in [5.41, 5.74) is 0.930. The Morgan fingerprint density at radius 1 is 1.32 bits per heavy atom. The number of nitrogens with one attached hydrogen (secondary N) is 1. The van der Waals surface area contributed by atoms with E-state index in [2.05, 4.69) is 26.8 Å². The van der Waals surface area contributed by atoms with Crippen molar-refractivity contribution >= 4 is 5.91 Å². The van der Waals surface area contributed by atoms with Gasteiger partial charge in [0, 0.05) is 57.2 Å². The van der Waals surface area contributed by atoms with Crippen LogP contribution in [-0.4, -0.2) is 82.9 Å². The second kappa shape index (κ2) is 4.94. The quantitative estimate of drug-likeness (QED) is 0.762. The van der Waals surface area contributed by atoms with Crippen LogP contribution in [0.25, 0.3) is 0 Å². The van der Waals surface area contributed by atoms with Gasteiger partial charge in [-0.2, -0.15) is 0 Å². The van der Waals surface area contributed by atoms with E-state index in [4.69, 9.17) is 0 Å². The molecule has 2 aliphatic rings. The molecule has 3 rings (SSSR count). The van der Waals surface area contributed by atoms with Crippen molar-refractivity contribution in [3.8, 4) is 0 Å². The Morgan fingerprint density at radius 2 is 2.11 bits per heavy atom. The van der Waals surface area contributed by atoms with Gasteiger partial charge >= 0.3 is 0 Å². The van der Waals surface area contributed by atoms with Crippen LogP contribution in [0.3, 0.4) is 0 Å². The van der Waals surface area contributed by atoms with Gasteiger partial charge in [-0.05, 0) is 14.0 Å². The maximum absolute atomic E-state index is 12.4. The lowest BCUT2D eigenvalue weighted by Gasteiger charge is -2.46. The maximum Gasteiger partial charge on any atom is 0.289 e. The predicted molar refractivity (Wildman–Crippen MR) is 72.1 cm³/mol. The molecule has 6 heteroatoms. The van der Waals surface area contributed by atoms with E-state index >= 15 is 0 Å². The molecule has 1 aromatic heterocycles. The Morgan fingerprint density at radius 3 is 2.84 bits per heavy atom. The molecule has 0 spiro atoms. The third-order valence-electron chi connectivity index (χ3n) is 4.09. The molecule has 0 radical (unpaired) electrons. The molecule has 1 amide bonds. The summed E-state index contributed by atoms with van der Waals surface area (Å²) in [6.45, 7) is 7.79. The molecule has 0 aliphatic carbocycles. The Bertz CT molecular complexity index is 471. The summed E-state index contributed by atoms with van der Waals surface area (Å²) >= 11 is 0. The number of carbonyl (C=O) groups is 1. The summed E-state index contributed by atoms with van der Waals surface area (Å²) in [5, 5.41) is 0. The summed E-state index contributed by atoms with van der Waals surface area (Å²) in [6.07, 6.45) is 1.71. The number of nitrogens with zero attached hydrogens (tertiary/aromatic N) is 4. The fourth-order valence-electron chi connectivity index (χ4n) is 2.97. The zero-order chi connectivity index (χ0) is 13.4. The molecule has 0 bridgehead atoms. The van der Waals surface area contributed by atoms with Crippen molar-refractivity contribution in [2.24, 2.45) is 0 Å². The molecule has 0 saturated carbocycles.